The molecule has 1 aromatic rings. The number of ether oxygens (including phenoxy) is 3. The molecule has 3 atom stereocenters. The van der Waals surface area contributed by atoms with Crippen molar-refractivity contribution < 1.29 is 67.9 Å². The Morgan fingerprint density at radius 2 is 1.25 bits per heavy atom. The van der Waals surface area contributed by atoms with Gasteiger partial charge in [0.25, 0.3) is 0 Å². The lowest BCUT2D eigenvalue weighted by atomic mass is 9.81. The zero-order chi connectivity index (χ0) is 44.1. The highest BCUT2D eigenvalue weighted by molar-refractivity contribution is 5.89. The summed E-state index contributed by atoms with van der Waals surface area (Å²) in [7, 11) is 0. The standard InChI is InChI=1S/C40H62N6O14/c1-27(47)41-18-20-59-22-24-60-23-21-58-19-16-34(48)43-26-29-10-12-30(13-11-29)36(51)44-33(25-28-7-3-2-4-8-28)37(52)42-17-6-5-9-31(38(53)54)45-40(57)46-32(39(55)56)14-15-35(49)50/h2-4,7-8,29-33H,5-6,9-26H2,1H3,(H,41,47)(H,42,52)(H,43,48)(H,44,51)(H,49,50)(H,53,54)(H,55,56)(H2,45,46,57)/t29?,30?,31-,32-,33-/m0/s1. The maximum atomic E-state index is 13.4. The number of carbonyl (C=O) groups is 8. The maximum absolute atomic E-state index is 13.4. The molecule has 60 heavy (non-hydrogen) atoms. The van der Waals surface area contributed by atoms with Crippen LogP contribution in [0.25, 0.3) is 0 Å². The Morgan fingerprint density at radius 3 is 1.85 bits per heavy atom. The summed E-state index contributed by atoms with van der Waals surface area (Å²) in [5.74, 6) is -5.02. The van der Waals surface area contributed by atoms with E-state index in [1.165, 1.54) is 6.92 Å². The van der Waals surface area contributed by atoms with Crippen molar-refractivity contribution in [2.75, 3.05) is 59.3 Å². The molecule has 6 amide bonds. The molecule has 1 aliphatic rings. The van der Waals surface area contributed by atoms with E-state index in [1.807, 2.05) is 30.3 Å². The number of benzene rings is 1. The smallest absolute Gasteiger partial charge is 0.326 e. The minimum Gasteiger partial charge on any atom is -0.481 e. The molecule has 1 aromatic carbocycles. The van der Waals surface area contributed by atoms with E-state index < -0.39 is 54.4 Å². The molecule has 20 nitrogen and oxygen atoms in total. The zero-order valence-corrected chi connectivity index (χ0v) is 34.2. The van der Waals surface area contributed by atoms with Crippen molar-refractivity contribution in [1.82, 2.24) is 31.9 Å². The SMILES string of the molecule is CC(=O)NCCOCCOCCOCCC(=O)NCC1CCC(C(=O)N[C@@H](Cc2ccccc2)C(=O)NCCCC[C@H](NC(=O)N[C@@H](CCC(=O)O)C(=O)O)C(=O)O)CC1. The van der Waals surface area contributed by atoms with Gasteiger partial charge in [-0.2, -0.15) is 0 Å². The number of carbonyl (C=O) groups excluding carboxylic acids is 5. The summed E-state index contributed by atoms with van der Waals surface area (Å²) < 4.78 is 16.2. The van der Waals surface area contributed by atoms with Crippen LogP contribution in [-0.4, -0.2) is 140 Å². The lowest BCUT2D eigenvalue weighted by Crippen LogP contribution is -2.51. The number of hydrogen-bond donors (Lipinski definition) is 9. The number of aliphatic carboxylic acids is 3. The molecule has 2 rings (SSSR count). The number of hydrogen-bond acceptors (Lipinski definition) is 11. The third kappa shape index (κ3) is 23.3. The van der Waals surface area contributed by atoms with Crippen molar-refractivity contribution in [1.29, 1.82) is 0 Å². The van der Waals surface area contributed by atoms with E-state index in [4.69, 9.17) is 19.3 Å². The van der Waals surface area contributed by atoms with Crippen molar-refractivity contribution in [2.24, 2.45) is 11.8 Å². The number of amides is 6. The third-order valence-electron chi connectivity index (χ3n) is 9.63. The summed E-state index contributed by atoms with van der Waals surface area (Å²) in [6, 6.07) is 4.39. The van der Waals surface area contributed by atoms with E-state index in [-0.39, 0.29) is 74.8 Å². The lowest BCUT2D eigenvalue weighted by Gasteiger charge is -2.29. The van der Waals surface area contributed by atoms with Crippen molar-refractivity contribution in [2.45, 2.75) is 95.7 Å². The molecule has 0 heterocycles. The van der Waals surface area contributed by atoms with E-state index >= 15 is 0 Å². The molecule has 9 N–H and O–H groups in total. The molecule has 0 bridgehead atoms. The Morgan fingerprint density at radius 1 is 0.650 bits per heavy atom. The topological polar surface area (TPSA) is 297 Å². The minimum absolute atomic E-state index is 0.0329. The fraction of sp³-hybridized carbons (Fsp3) is 0.650. The zero-order valence-electron chi connectivity index (χ0n) is 34.2. The molecule has 1 fully saturated rings. The van der Waals surface area contributed by atoms with Crippen LogP contribution in [0.4, 0.5) is 4.79 Å². The average molecular weight is 851 g/mol. The first-order chi connectivity index (χ1) is 28.7. The number of unbranched alkanes of at least 4 members (excludes halogenated alkanes) is 1. The first-order valence-corrected chi connectivity index (χ1v) is 20.4. The van der Waals surface area contributed by atoms with E-state index in [0.717, 1.165) is 18.4 Å². The first kappa shape index (κ1) is 50.8. The van der Waals surface area contributed by atoms with Crippen molar-refractivity contribution in [3.8, 4) is 0 Å². The Balaban J connectivity index is 1.71. The van der Waals surface area contributed by atoms with Crippen LogP contribution in [0.1, 0.15) is 76.7 Å². The van der Waals surface area contributed by atoms with Gasteiger partial charge in [-0.15, -0.1) is 0 Å². The maximum Gasteiger partial charge on any atom is 0.326 e. The minimum atomic E-state index is -1.52. The van der Waals surface area contributed by atoms with Gasteiger partial charge >= 0.3 is 23.9 Å². The molecular weight excluding hydrogens is 788 g/mol. The summed E-state index contributed by atoms with van der Waals surface area (Å²) in [6.45, 7) is 4.71. The highest BCUT2D eigenvalue weighted by Gasteiger charge is 2.30. The summed E-state index contributed by atoms with van der Waals surface area (Å²) >= 11 is 0. The second kappa shape index (κ2) is 29.8. The monoisotopic (exact) mass is 850 g/mol. The number of rotatable bonds is 31. The van der Waals surface area contributed by atoms with Gasteiger partial charge in [-0.05, 0) is 62.8 Å². The highest BCUT2D eigenvalue weighted by Crippen LogP contribution is 2.28. The van der Waals surface area contributed by atoms with Gasteiger partial charge < -0.3 is 61.4 Å². The van der Waals surface area contributed by atoms with Crippen LogP contribution in [0.2, 0.25) is 0 Å². The molecule has 0 aromatic heterocycles. The molecule has 336 valence electrons. The number of carboxylic acid groups (broad SMARTS) is 3. The normalized spacial score (nSPS) is 16.3. The molecule has 20 heteroatoms. The van der Waals surface area contributed by atoms with Gasteiger partial charge in [-0.3, -0.25) is 24.0 Å². The predicted molar refractivity (Wildman–Crippen MR) is 215 cm³/mol. The van der Waals surface area contributed by atoms with Gasteiger partial charge in [0, 0.05) is 51.7 Å². The number of carboxylic acids is 3. The molecule has 0 radical (unpaired) electrons. The third-order valence-corrected chi connectivity index (χ3v) is 9.63. The second-order valence-electron chi connectivity index (χ2n) is 14.5. The summed E-state index contributed by atoms with van der Waals surface area (Å²) in [5, 5.41) is 43.2. The lowest BCUT2D eigenvalue weighted by molar-refractivity contribution is -0.141. The predicted octanol–water partition coefficient (Wildman–Crippen LogP) is 0.569. The van der Waals surface area contributed by atoms with Crippen LogP contribution in [0, 0.1) is 11.8 Å². The Hall–Kier alpha value is -5.34. The molecule has 0 spiro atoms. The van der Waals surface area contributed by atoms with Crippen LogP contribution >= 0.6 is 0 Å². The van der Waals surface area contributed by atoms with Crippen molar-refractivity contribution in [3.63, 3.8) is 0 Å². The van der Waals surface area contributed by atoms with Crippen molar-refractivity contribution in [3.05, 3.63) is 35.9 Å². The molecule has 0 saturated heterocycles. The van der Waals surface area contributed by atoms with Gasteiger partial charge in [0.2, 0.25) is 23.6 Å². The fourth-order valence-electron chi connectivity index (χ4n) is 6.28. The molecular formula is C40H62N6O14. The Labute approximate surface area is 349 Å². The van der Waals surface area contributed by atoms with Gasteiger partial charge in [-0.1, -0.05) is 30.3 Å². The van der Waals surface area contributed by atoms with Crippen LogP contribution in [0.5, 0.6) is 0 Å². The molecule has 1 saturated carbocycles. The van der Waals surface area contributed by atoms with Crippen LogP contribution in [0.15, 0.2) is 30.3 Å². The fourth-order valence-corrected chi connectivity index (χ4v) is 6.28. The Kier molecular flexibility index (Phi) is 25.2. The summed E-state index contributed by atoms with van der Waals surface area (Å²) in [4.78, 5) is 96.0. The molecule has 0 unspecified atom stereocenters. The van der Waals surface area contributed by atoms with E-state index in [2.05, 4.69) is 31.9 Å². The van der Waals surface area contributed by atoms with Gasteiger partial charge in [0.05, 0.1) is 39.6 Å². The van der Waals surface area contributed by atoms with Crippen LogP contribution in [0.3, 0.4) is 0 Å². The highest BCUT2D eigenvalue weighted by atomic mass is 16.5. The van der Waals surface area contributed by atoms with Crippen LogP contribution in [-0.2, 0) is 54.2 Å². The van der Waals surface area contributed by atoms with E-state index in [0.29, 0.717) is 65.4 Å². The van der Waals surface area contributed by atoms with Gasteiger partial charge in [0.1, 0.15) is 18.1 Å². The molecule has 0 aliphatic heterocycles. The average Bonchev–Trinajstić information content (AvgIpc) is 3.21. The van der Waals surface area contributed by atoms with Crippen LogP contribution < -0.4 is 31.9 Å². The van der Waals surface area contributed by atoms with Gasteiger partial charge in [0.15, 0.2) is 0 Å². The summed E-state index contributed by atoms with van der Waals surface area (Å²) in [5.41, 5.74) is 0.843. The largest absolute Gasteiger partial charge is 0.481 e. The second-order valence-corrected chi connectivity index (χ2v) is 14.5. The molecule has 1 aliphatic carbocycles. The van der Waals surface area contributed by atoms with E-state index in [9.17, 15) is 48.6 Å². The first-order valence-electron chi connectivity index (χ1n) is 20.4. The number of nitrogens with one attached hydrogen (secondary N) is 6. The quantitative estimate of drug-likeness (QED) is 0.0462. The van der Waals surface area contributed by atoms with Gasteiger partial charge in [-0.25, -0.2) is 14.4 Å². The summed E-state index contributed by atoms with van der Waals surface area (Å²) in [6.07, 6.45) is 2.81. The Bertz CT molecular complexity index is 1510. The van der Waals surface area contributed by atoms with Crippen molar-refractivity contribution >= 4 is 47.6 Å². The number of urea groups is 1. The van der Waals surface area contributed by atoms with E-state index in [1.54, 1.807) is 0 Å².